The SMILES string of the molecule is CCC(C)(C)c1ccc(-c2cc(C)c(-c3ccc(C(C)(C)CC)s3)c3nsnc23)s1. The van der Waals surface area contributed by atoms with Crippen molar-refractivity contribution in [3.8, 4) is 20.9 Å². The van der Waals surface area contributed by atoms with Crippen LogP contribution in [-0.2, 0) is 10.8 Å². The number of fused-ring (bicyclic) bond motifs is 1. The van der Waals surface area contributed by atoms with Crippen molar-refractivity contribution in [2.24, 2.45) is 0 Å². The Morgan fingerprint density at radius 3 is 1.90 bits per heavy atom. The number of rotatable bonds is 6. The molecule has 1 aromatic carbocycles. The molecule has 0 saturated heterocycles. The van der Waals surface area contributed by atoms with Crippen LogP contribution in [0.4, 0.5) is 0 Å². The van der Waals surface area contributed by atoms with Crippen molar-refractivity contribution >= 4 is 45.4 Å². The highest BCUT2D eigenvalue weighted by Crippen LogP contribution is 2.44. The first-order chi connectivity index (χ1) is 14.2. The van der Waals surface area contributed by atoms with Crippen LogP contribution >= 0.6 is 34.4 Å². The van der Waals surface area contributed by atoms with Gasteiger partial charge in [-0.3, -0.25) is 0 Å². The van der Waals surface area contributed by atoms with Gasteiger partial charge in [0.05, 0.1) is 11.7 Å². The fraction of sp³-hybridized carbons (Fsp3) is 0.440. The van der Waals surface area contributed by atoms with Crippen LogP contribution in [0.5, 0.6) is 0 Å². The Bertz CT molecular complexity index is 1190. The van der Waals surface area contributed by atoms with Gasteiger partial charge in [0.25, 0.3) is 0 Å². The van der Waals surface area contributed by atoms with E-state index in [2.05, 4.69) is 78.8 Å². The summed E-state index contributed by atoms with van der Waals surface area (Å²) in [5, 5.41) is 0. The van der Waals surface area contributed by atoms with Gasteiger partial charge in [0.15, 0.2) is 0 Å². The number of aryl methyl sites for hydroxylation is 1. The van der Waals surface area contributed by atoms with Gasteiger partial charge < -0.3 is 0 Å². The van der Waals surface area contributed by atoms with Crippen LogP contribution in [0.15, 0.2) is 30.3 Å². The smallest absolute Gasteiger partial charge is 0.114 e. The predicted molar refractivity (Wildman–Crippen MR) is 135 cm³/mol. The molecule has 0 spiro atoms. The van der Waals surface area contributed by atoms with Crippen molar-refractivity contribution in [1.82, 2.24) is 8.75 Å². The molecule has 0 aliphatic carbocycles. The van der Waals surface area contributed by atoms with Crippen LogP contribution in [0, 0.1) is 6.92 Å². The Morgan fingerprint density at radius 2 is 1.30 bits per heavy atom. The van der Waals surface area contributed by atoms with Crippen LogP contribution in [0.1, 0.15) is 69.7 Å². The number of benzene rings is 1. The van der Waals surface area contributed by atoms with Crippen molar-refractivity contribution in [2.45, 2.75) is 72.1 Å². The molecule has 0 radical (unpaired) electrons. The van der Waals surface area contributed by atoms with E-state index in [1.54, 1.807) is 0 Å². The zero-order valence-corrected chi connectivity index (χ0v) is 21.4. The van der Waals surface area contributed by atoms with Gasteiger partial charge in [-0.1, -0.05) is 41.5 Å². The number of hydrogen-bond acceptors (Lipinski definition) is 5. The van der Waals surface area contributed by atoms with E-state index in [0.717, 1.165) is 23.9 Å². The lowest BCUT2D eigenvalue weighted by Crippen LogP contribution is -2.12. The van der Waals surface area contributed by atoms with Gasteiger partial charge in [-0.15, -0.1) is 22.7 Å². The number of nitrogens with zero attached hydrogens (tertiary/aromatic N) is 2. The van der Waals surface area contributed by atoms with Gasteiger partial charge in [-0.25, -0.2) is 0 Å². The third kappa shape index (κ3) is 3.65. The second-order valence-electron chi connectivity index (χ2n) is 9.38. The van der Waals surface area contributed by atoms with E-state index in [0.29, 0.717) is 0 Å². The first kappa shape index (κ1) is 21.7. The number of aromatic nitrogens is 2. The van der Waals surface area contributed by atoms with Crippen molar-refractivity contribution in [3.63, 3.8) is 0 Å². The molecular formula is C25H30N2S3. The molecule has 2 nitrogen and oxygen atoms in total. The maximum atomic E-state index is 4.75. The quantitative estimate of drug-likeness (QED) is 0.291. The van der Waals surface area contributed by atoms with Gasteiger partial charge in [0, 0.05) is 30.6 Å². The van der Waals surface area contributed by atoms with E-state index in [-0.39, 0.29) is 10.8 Å². The molecule has 0 atom stereocenters. The highest BCUT2D eigenvalue weighted by Gasteiger charge is 2.25. The van der Waals surface area contributed by atoms with Gasteiger partial charge >= 0.3 is 0 Å². The highest BCUT2D eigenvalue weighted by atomic mass is 32.1. The summed E-state index contributed by atoms with van der Waals surface area (Å²) < 4.78 is 9.47. The predicted octanol–water partition coefficient (Wildman–Crippen LogP) is 8.83. The second kappa shape index (κ2) is 7.85. The summed E-state index contributed by atoms with van der Waals surface area (Å²) in [6.07, 6.45) is 2.26. The number of hydrogen-bond donors (Lipinski definition) is 0. The third-order valence-electron chi connectivity index (χ3n) is 6.56. The van der Waals surface area contributed by atoms with E-state index in [1.165, 1.54) is 47.9 Å². The molecule has 0 N–H and O–H groups in total. The monoisotopic (exact) mass is 454 g/mol. The van der Waals surface area contributed by atoms with Gasteiger partial charge in [-0.05, 0) is 66.5 Å². The van der Waals surface area contributed by atoms with Gasteiger partial charge in [-0.2, -0.15) is 8.75 Å². The summed E-state index contributed by atoms with van der Waals surface area (Å²) in [7, 11) is 0. The average Bonchev–Trinajstić information content (AvgIpc) is 3.47. The zero-order valence-electron chi connectivity index (χ0n) is 18.9. The molecule has 0 aliphatic heterocycles. The molecular weight excluding hydrogens is 424 g/mol. The van der Waals surface area contributed by atoms with Crippen LogP contribution in [-0.4, -0.2) is 8.75 Å². The maximum absolute atomic E-state index is 4.75. The molecule has 4 aromatic rings. The van der Waals surface area contributed by atoms with E-state index < -0.39 is 0 Å². The molecule has 0 bridgehead atoms. The summed E-state index contributed by atoms with van der Waals surface area (Å²) in [4.78, 5) is 5.46. The van der Waals surface area contributed by atoms with Crippen molar-refractivity contribution in [2.75, 3.05) is 0 Å². The Balaban J connectivity index is 1.84. The third-order valence-corrected chi connectivity index (χ3v) is 10.0. The molecule has 4 rings (SSSR count). The Labute approximate surface area is 192 Å². The molecule has 5 heteroatoms. The Morgan fingerprint density at radius 1 is 0.767 bits per heavy atom. The maximum Gasteiger partial charge on any atom is 0.114 e. The van der Waals surface area contributed by atoms with E-state index in [1.807, 2.05) is 22.7 Å². The molecule has 158 valence electrons. The topological polar surface area (TPSA) is 25.8 Å². The lowest BCUT2D eigenvalue weighted by molar-refractivity contribution is 0.517. The minimum absolute atomic E-state index is 0.204. The highest BCUT2D eigenvalue weighted by molar-refractivity contribution is 7.16. The lowest BCUT2D eigenvalue weighted by Gasteiger charge is -2.20. The summed E-state index contributed by atoms with van der Waals surface area (Å²) >= 11 is 5.12. The van der Waals surface area contributed by atoms with Gasteiger partial charge in [0.2, 0.25) is 0 Å². The summed E-state index contributed by atoms with van der Waals surface area (Å²) in [5.74, 6) is 0. The first-order valence-corrected chi connectivity index (χ1v) is 13.0. The molecule has 0 fully saturated rings. The Kier molecular flexibility index (Phi) is 5.67. The normalized spacial score (nSPS) is 12.8. The van der Waals surface area contributed by atoms with Crippen LogP contribution in [0.25, 0.3) is 31.9 Å². The standard InChI is InChI=1S/C25H30N2S3/c1-8-24(4,5)19-12-10-17(28-19)16-14-15(3)21(23-22(16)26-30-27-23)18-11-13-20(29-18)25(6,7)9-2/h10-14H,8-9H2,1-7H3. The largest absolute Gasteiger partial charge is 0.172 e. The zero-order chi connectivity index (χ0) is 21.7. The summed E-state index contributed by atoms with van der Waals surface area (Å²) in [6, 6.07) is 11.4. The Hall–Kier alpha value is -1.56. The molecule has 30 heavy (non-hydrogen) atoms. The molecule has 3 heterocycles. The summed E-state index contributed by atoms with van der Waals surface area (Å²) in [6.45, 7) is 16.0. The fourth-order valence-electron chi connectivity index (χ4n) is 3.60. The van der Waals surface area contributed by atoms with E-state index in [9.17, 15) is 0 Å². The van der Waals surface area contributed by atoms with Crippen molar-refractivity contribution in [3.05, 3.63) is 45.6 Å². The number of thiophene rings is 2. The average molecular weight is 455 g/mol. The first-order valence-electron chi connectivity index (χ1n) is 10.6. The molecule has 0 saturated carbocycles. The molecule has 0 amide bonds. The van der Waals surface area contributed by atoms with Crippen LogP contribution in [0.2, 0.25) is 0 Å². The van der Waals surface area contributed by atoms with E-state index in [4.69, 9.17) is 8.75 Å². The molecule has 3 aromatic heterocycles. The fourth-order valence-corrected chi connectivity index (χ4v) is 6.65. The van der Waals surface area contributed by atoms with Crippen molar-refractivity contribution < 1.29 is 0 Å². The molecule has 0 aliphatic rings. The summed E-state index contributed by atoms with van der Waals surface area (Å²) in [5.41, 5.74) is 6.23. The second-order valence-corrected chi connectivity index (χ2v) is 12.1. The lowest BCUT2D eigenvalue weighted by atomic mass is 9.88. The molecule has 0 unspecified atom stereocenters. The van der Waals surface area contributed by atoms with Crippen molar-refractivity contribution in [1.29, 1.82) is 0 Å². The van der Waals surface area contributed by atoms with Crippen LogP contribution in [0.3, 0.4) is 0 Å². The van der Waals surface area contributed by atoms with E-state index >= 15 is 0 Å². The van der Waals surface area contributed by atoms with Crippen LogP contribution < -0.4 is 0 Å². The minimum Gasteiger partial charge on any atom is -0.172 e. The minimum atomic E-state index is 0.204. The van der Waals surface area contributed by atoms with Gasteiger partial charge in [0.1, 0.15) is 11.0 Å².